The van der Waals surface area contributed by atoms with Crippen molar-refractivity contribution in [2.75, 3.05) is 12.0 Å². The molecule has 0 aliphatic rings. The topological polar surface area (TPSA) is 42.4 Å². The molecular formula is C23H19ClN2O2S. The van der Waals surface area contributed by atoms with Crippen molar-refractivity contribution in [3.8, 4) is 5.75 Å². The second-order valence-electron chi connectivity index (χ2n) is 6.65. The molecule has 0 radical (unpaired) electrons. The molecule has 0 aliphatic heterocycles. The average molecular weight is 423 g/mol. The maximum absolute atomic E-state index is 13.4. The van der Waals surface area contributed by atoms with Crippen LogP contribution in [-0.2, 0) is 6.54 Å². The number of methoxy groups -OCH3 is 1. The Morgan fingerprint density at radius 3 is 2.62 bits per heavy atom. The molecule has 146 valence electrons. The monoisotopic (exact) mass is 422 g/mol. The van der Waals surface area contributed by atoms with E-state index in [9.17, 15) is 4.79 Å². The second kappa shape index (κ2) is 8.23. The van der Waals surface area contributed by atoms with E-state index in [1.54, 1.807) is 36.3 Å². The minimum Gasteiger partial charge on any atom is -0.494 e. The first-order chi connectivity index (χ1) is 14.1. The number of benzene rings is 3. The van der Waals surface area contributed by atoms with Crippen LogP contribution in [0.15, 0.2) is 66.7 Å². The van der Waals surface area contributed by atoms with E-state index in [0.717, 1.165) is 21.3 Å². The highest BCUT2D eigenvalue weighted by Gasteiger charge is 2.23. The zero-order valence-corrected chi connectivity index (χ0v) is 17.6. The lowest BCUT2D eigenvalue weighted by molar-refractivity contribution is 0.0985. The number of rotatable bonds is 5. The number of amides is 1. The number of aryl methyl sites for hydroxylation is 1. The van der Waals surface area contributed by atoms with Crippen molar-refractivity contribution in [2.24, 2.45) is 0 Å². The van der Waals surface area contributed by atoms with Crippen LogP contribution in [0.3, 0.4) is 0 Å². The van der Waals surface area contributed by atoms with E-state index in [4.69, 9.17) is 21.3 Å². The van der Waals surface area contributed by atoms with Crippen LogP contribution in [-0.4, -0.2) is 18.0 Å². The molecule has 4 nitrogen and oxygen atoms in total. The normalized spacial score (nSPS) is 10.9. The van der Waals surface area contributed by atoms with Gasteiger partial charge in [-0.15, -0.1) is 0 Å². The van der Waals surface area contributed by atoms with Gasteiger partial charge in [-0.3, -0.25) is 9.69 Å². The van der Waals surface area contributed by atoms with Crippen LogP contribution >= 0.6 is 22.9 Å². The molecule has 0 unspecified atom stereocenters. The van der Waals surface area contributed by atoms with Crippen molar-refractivity contribution in [1.82, 2.24) is 4.98 Å². The third kappa shape index (κ3) is 3.97. The molecule has 0 bridgehead atoms. The van der Waals surface area contributed by atoms with Gasteiger partial charge < -0.3 is 4.74 Å². The number of hydrogen-bond acceptors (Lipinski definition) is 4. The molecule has 0 N–H and O–H groups in total. The Bertz CT molecular complexity index is 1170. The van der Waals surface area contributed by atoms with E-state index in [0.29, 0.717) is 28.0 Å². The largest absolute Gasteiger partial charge is 0.494 e. The molecule has 0 atom stereocenters. The molecule has 3 aromatic carbocycles. The first kappa shape index (κ1) is 19.4. The molecule has 4 aromatic rings. The van der Waals surface area contributed by atoms with Crippen LogP contribution in [0.4, 0.5) is 5.13 Å². The summed E-state index contributed by atoms with van der Waals surface area (Å²) in [5, 5.41) is 1.15. The Balaban J connectivity index is 1.83. The van der Waals surface area contributed by atoms with E-state index < -0.39 is 0 Å². The van der Waals surface area contributed by atoms with Gasteiger partial charge in [-0.05, 0) is 42.3 Å². The van der Waals surface area contributed by atoms with Crippen molar-refractivity contribution in [1.29, 1.82) is 0 Å². The molecule has 0 saturated carbocycles. The van der Waals surface area contributed by atoms with Crippen molar-refractivity contribution < 1.29 is 9.53 Å². The van der Waals surface area contributed by atoms with Gasteiger partial charge in [0.25, 0.3) is 5.91 Å². The van der Waals surface area contributed by atoms with Gasteiger partial charge in [0.1, 0.15) is 11.3 Å². The smallest absolute Gasteiger partial charge is 0.260 e. The number of fused-ring (bicyclic) bond motifs is 1. The van der Waals surface area contributed by atoms with Crippen molar-refractivity contribution in [2.45, 2.75) is 13.5 Å². The first-order valence-corrected chi connectivity index (χ1v) is 10.3. The molecule has 0 aliphatic carbocycles. The van der Waals surface area contributed by atoms with Crippen LogP contribution in [0.1, 0.15) is 21.5 Å². The highest BCUT2D eigenvalue weighted by molar-refractivity contribution is 7.22. The van der Waals surface area contributed by atoms with Gasteiger partial charge in [0.2, 0.25) is 0 Å². The summed E-state index contributed by atoms with van der Waals surface area (Å²) < 4.78 is 6.49. The minimum absolute atomic E-state index is 0.146. The molecule has 1 aromatic heterocycles. The maximum atomic E-state index is 13.4. The Morgan fingerprint density at radius 2 is 1.90 bits per heavy atom. The van der Waals surface area contributed by atoms with Gasteiger partial charge >= 0.3 is 0 Å². The van der Waals surface area contributed by atoms with Gasteiger partial charge in [0.15, 0.2) is 5.13 Å². The van der Waals surface area contributed by atoms with Gasteiger partial charge in [0.05, 0.1) is 18.4 Å². The van der Waals surface area contributed by atoms with Gasteiger partial charge in [-0.1, -0.05) is 65.4 Å². The summed E-state index contributed by atoms with van der Waals surface area (Å²) in [5.41, 5.74) is 3.41. The van der Waals surface area contributed by atoms with E-state index in [1.165, 1.54) is 11.3 Å². The number of ether oxygens (including phenoxy) is 1. The molecule has 1 amide bonds. The molecule has 4 rings (SSSR count). The summed E-state index contributed by atoms with van der Waals surface area (Å²) in [5.74, 6) is 0.551. The summed E-state index contributed by atoms with van der Waals surface area (Å²) in [7, 11) is 1.63. The summed E-state index contributed by atoms with van der Waals surface area (Å²) in [6, 6.07) is 20.8. The average Bonchev–Trinajstić information content (AvgIpc) is 3.19. The fourth-order valence-electron chi connectivity index (χ4n) is 3.15. The first-order valence-electron chi connectivity index (χ1n) is 9.12. The van der Waals surface area contributed by atoms with Gasteiger partial charge in [0, 0.05) is 10.6 Å². The summed E-state index contributed by atoms with van der Waals surface area (Å²) in [6.07, 6.45) is 0. The number of nitrogens with zero attached hydrogens (tertiary/aromatic N) is 2. The number of halogens is 1. The number of carbonyl (C=O) groups excluding carboxylic acids is 1. The molecule has 6 heteroatoms. The van der Waals surface area contributed by atoms with Crippen molar-refractivity contribution >= 4 is 44.2 Å². The highest BCUT2D eigenvalue weighted by Crippen LogP contribution is 2.37. The third-order valence-electron chi connectivity index (χ3n) is 4.64. The summed E-state index contributed by atoms with van der Waals surface area (Å²) in [4.78, 5) is 19.9. The Morgan fingerprint density at radius 1 is 1.10 bits per heavy atom. The lowest BCUT2D eigenvalue weighted by Crippen LogP contribution is -2.30. The Kier molecular flexibility index (Phi) is 5.51. The number of aromatic nitrogens is 1. The van der Waals surface area contributed by atoms with Crippen LogP contribution in [0.2, 0.25) is 5.02 Å². The Labute approximate surface area is 178 Å². The van der Waals surface area contributed by atoms with Crippen LogP contribution in [0.5, 0.6) is 5.75 Å². The predicted molar refractivity (Wildman–Crippen MR) is 119 cm³/mol. The maximum Gasteiger partial charge on any atom is 0.260 e. The molecule has 0 spiro atoms. The molecule has 0 fully saturated rings. The van der Waals surface area contributed by atoms with Crippen LogP contribution in [0, 0.1) is 6.92 Å². The van der Waals surface area contributed by atoms with Crippen molar-refractivity contribution in [3.63, 3.8) is 0 Å². The lowest BCUT2D eigenvalue weighted by Gasteiger charge is -2.20. The van der Waals surface area contributed by atoms with E-state index in [1.807, 2.05) is 49.4 Å². The molecular weight excluding hydrogens is 404 g/mol. The molecule has 1 heterocycles. The third-order valence-corrected chi connectivity index (χ3v) is 6.09. The second-order valence-corrected chi connectivity index (χ2v) is 8.06. The summed E-state index contributed by atoms with van der Waals surface area (Å²) in [6.45, 7) is 2.44. The summed E-state index contributed by atoms with van der Waals surface area (Å²) >= 11 is 7.61. The zero-order chi connectivity index (χ0) is 20.4. The SMILES string of the molecule is COc1ccc(C)c2sc(N(Cc3ccccc3)C(=O)c3cccc(Cl)c3)nc12. The highest BCUT2D eigenvalue weighted by atomic mass is 35.5. The van der Waals surface area contributed by atoms with E-state index >= 15 is 0 Å². The van der Waals surface area contributed by atoms with Crippen LogP contribution < -0.4 is 9.64 Å². The van der Waals surface area contributed by atoms with Gasteiger partial charge in [-0.25, -0.2) is 4.98 Å². The number of thiazole rings is 1. The standard InChI is InChI=1S/C23H19ClN2O2S/c1-15-11-12-19(28-2)20-21(15)29-23(25-20)26(14-16-7-4-3-5-8-16)22(27)17-9-6-10-18(24)13-17/h3-13H,14H2,1-2H3. The van der Waals surface area contributed by atoms with E-state index in [2.05, 4.69) is 0 Å². The minimum atomic E-state index is -0.146. The number of hydrogen-bond donors (Lipinski definition) is 0. The molecule has 0 saturated heterocycles. The van der Waals surface area contributed by atoms with Crippen molar-refractivity contribution in [3.05, 3.63) is 88.4 Å². The van der Waals surface area contributed by atoms with Gasteiger partial charge in [-0.2, -0.15) is 0 Å². The number of carbonyl (C=O) groups is 1. The van der Waals surface area contributed by atoms with Crippen LogP contribution in [0.25, 0.3) is 10.2 Å². The Hall–Kier alpha value is -2.89. The molecule has 29 heavy (non-hydrogen) atoms. The quantitative estimate of drug-likeness (QED) is 0.389. The number of anilines is 1. The lowest BCUT2D eigenvalue weighted by atomic mass is 10.1. The fraction of sp³-hybridized carbons (Fsp3) is 0.130. The predicted octanol–water partition coefficient (Wildman–Crippen LogP) is 6.11. The van der Waals surface area contributed by atoms with E-state index in [-0.39, 0.29) is 5.91 Å². The zero-order valence-electron chi connectivity index (χ0n) is 16.1. The fourth-order valence-corrected chi connectivity index (χ4v) is 4.39.